The summed E-state index contributed by atoms with van der Waals surface area (Å²) >= 11 is 0. The van der Waals surface area contributed by atoms with Crippen molar-refractivity contribution in [2.75, 3.05) is 13.7 Å². The molecule has 3 nitrogen and oxygen atoms in total. The first kappa shape index (κ1) is 10.7. The Morgan fingerprint density at radius 3 is 3.19 bits per heavy atom. The van der Waals surface area contributed by atoms with Crippen molar-refractivity contribution < 1.29 is 9.53 Å². The van der Waals surface area contributed by atoms with E-state index in [9.17, 15) is 4.79 Å². The Hall–Kier alpha value is -1.77. The summed E-state index contributed by atoms with van der Waals surface area (Å²) in [7, 11) is 1.56. The van der Waals surface area contributed by atoms with Crippen molar-refractivity contribution in [2.24, 2.45) is 0 Å². The molecule has 0 heterocycles. The molecule has 1 aromatic carbocycles. The van der Waals surface area contributed by atoms with Crippen LogP contribution in [0.5, 0.6) is 0 Å². The van der Waals surface area contributed by atoms with Crippen LogP contribution in [0.3, 0.4) is 0 Å². The fourth-order valence-corrected chi connectivity index (χ4v) is 1.79. The molecule has 1 amide bonds. The van der Waals surface area contributed by atoms with Crippen LogP contribution in [0.1, 0.15) is 16.7 Å². The van der Waals surface area contributed by atoms with Crippen LogP contribution in [0.4, 0.5) is 4.79 Å². The van der Waals surface area contributed by atoms with E-state index in [0.29, 0.717) is 6.61 Å². The summed E-state index contributed by atoms with van der Waals surface area (Å²) in [6.07, 6.45) is 5.72. The SMILES string of the molecule is CNC(=O)OCCc1ccc2c(c1)C=CC2. The molecule has 1 aromatic rings. The van der Waals surface area contributed by atoms with Crippen LogP contribution in [0, 0.1) is 0 Å². The molecule has 3 heteroatoms. The van der Waals surface area contributed by atoms with Crippen molar-refractivity contribution in [3.63, 3.8) is 0 Å². The monoisotopic (exact) mass is 217 g/mol. The highest BCUT2D eigenvalue weighted by atomic mass is 16.5. The second-order valence-corrected chi connectivity index (χ2v) is 3.78. The van der Waals surface area contributed by atoms with Crippen LogP contribution >= 0.6 is 0 Å². The van der Waals surface area contributed by atoms with Gasteiger partial charge in [0.25, 0.3) is 0 Å². The van der Waals surface area contributed by atoms with Gasteiger partial charge in [0, 0.05) is 13.5 Å². The first-order chi connectivity index (χ1) is 7.79. The van der Waals surface area contributed by atoms with Crippen LogP contribution < -0.4 is 5.32 Å². The molecule has 0 spiro atoms. The van der Waals surface area contributed by atoms with Gasteiger partial charge in [0.1, 0.15) is 0 Å². The fraction of sp³-hybridized carbons (Fsp3) is 0.308. The van der Waals surface area contributed by atoms with E-state index >= 15 is 0 Å². The molecule has 0 saturated heterocycles. The Labute approximate surface area is 95.1 Å². The molecule has 0 saturated carbocycles. The summed E-state index contributed by atoms with van der Waals surface area (Å²) in [5, 5.41) is 2.42. The van der Waals surface area contributed by atoms with Gasteiger partial charge in [-0.1, -0.05) is 30.4 Å². The molecule has 1 N–H and O–H groups in total. The Morgan fingerprint density at radius 1 is 1.50 bits per heavy atom. The summed E-state index contributed by atoms with van der Waals surface area (Å²) in [5.41, 5.74) is 3.86. The first-order valence-corrected chi connectivity index (χ1v) is 5.42. The third-order valence-electron chi connectivity index (χ3n) is 2.67. The first-order valence-electron chi connectivity index (χ1n) is 5.42. The van der Waals surface area contributed by atoms with E-state index in [1.807, 2.05) is 0 Å². The number of carbonyl (C=O) groups is 1. The molecule has 1 aliphatic rings. The highest BCUT2D eigenvalue weighted by Gasteiger charge is 2.05. The van der Waals surface area contributed by atoms with Gasteiger partial charge >= 0.3 is 6.09 Å². The summed E-state index contributed by atoms with van der Waals surface area (Å²) < 4.78 is 4.95. The summed E-state index contributed by atoms with van der Waals surface area (Å²) in [6.45, 7) is 0.419. The number of nitrogens with one attached hydrogen (secondary N) is 1. The summed E-state index contributed by atoms with van der Waals surface area (Å²) in [5.74, 6) is 0. The van der Waals surface area contributed by atoms with E-state index in [2.05, 4.69) is 35.7 Å². The van der Waals surface area contributed by atoms with Crippen molar-refractivity contribution in [1.82, 2.24) is 5.32 Å². The van der Waals surface area contributed by atoms with E-state index in [4.69, 9.17) is 4.74 Å². The maximum atomic E-state index is 10.8. The number of carbonyl (C=O) groups excluding carboxylic acids is 1. The van der Waals surface area contributed by atoms with Crippen LogP contribution in [0.2, 0.25) is 0 Å². The molecular formula is C13H15NO2. The van der Waals surface area contributed by atoms with Crippen molar-refractivity contribution in [3.05, 3.63) is 41.0 Å². The van der Waals surface area contributed by atoms with Crippen LogP contribution in [0.25, 0.3) is 6.08 Å². The smallest absolute Gasteiger partial charge is 0.406 e. The van der Waals surface area contributed by atoms with Crippen molar-refractivity contribution >= 4 is 12.2 Å². The van der Waals surface area contributed by atoms with E-state index in [0.717, 1.165) is 12.8 Å². The second-order valence-electron chi connectivity index (χ2n) is 3.78. The lowest BCUT2D eigenvalue weighted by Gasteiger charge is -2.06. The number of amides is 1. The fourth-order valence-electron chi connectivity index (χ4n) is 1.79. The standard InChI is InChI=1S/C13H15NO2/c1-14-13(15)16-8-7-10-5-6-11-3-2-4-12(11)9-10/h2,4-6,9H,3,7-8H2,1H3,(H,14,15). The lowest BCUT2D eigenvalue weighted by atomic mass is 10.0. The minimum atomic E-state index is -0.374. The topological polar surface area (TPSA) is 38.3 Å². The molecule has 0 aliphatic heterocycles. The van der Waals surface area contributed by atoms with Gasteiger partial charge < -0.3 is 10.1 Å². The number of hydrogen-bond acceptors (Lipinski definition) is 2. The molecule has 0 radical (unpaired) electrons. The largest absolute Gasteiger partial charge is 0.449 e. The third-order valence-corrected chi connectivity index (χ3v) is 2.67. The number of allylic oxidation sites excluding steroid dienone is 1. The Morgan fingerprint density at radius 2 is 2.38 bits per heavy atom. The predicted molar refractivity (Wildman–Crippen MR) is 63.3 cm³/mol. The molecule has 0 bridgehead atoms. The zero-order valence-electron chi connectivity index (χ0n) is 9.32. The van der Waals surface area contributed by atoms with E-state index in [1.165, 1.54) is 16.7 Å². The van der Waals surface area contributed by atoms with E-state index in [1.54, 1.807) is 7.05 Å². The molecule has 84 valence electrons. The quantitative estimate of drug-likeness (QED) is 0.842. The Balaban J connectivity index is 1.90. The van der Waals surface area contributed by atoms with Gasteiger partial charge in [-0.05, 0) is 23.1 Å². The van der Waals surface area contributed by atoms with Gasteiger partial charge in [0.2, 0.25) is 0 Å². The van der Waals surface area contributed by atoms with Crippen LogP contribution in [0.15, 0.2) is 24.3 Å². The molecule has 0 fully saturated rings. The van der Waals surface area contributed by atoms with Crippen molar-refractivity contribution in [3.8, 4) is 0 Å². The second kappa shape index (κ2) is 4.84. The Bertz CT molecular complexity index is 424. The maximum Gasteiger partial charge on any atom is 0.406 e. The molecular weight excluding hydrogens is 202 g/mol. The van der Waals surface area contributed by atoms with Gasteiger partial charge in [-0.25, -0.2) is 4.79 Å². The van der Waals surface area contributed by atoms with Gasteiger partial charge in [-0.3, -0.25) is 0 Å². The highest BCUT2D eigenvalue weighted by Crippen LogP contribution is 2.20. The zero-order chi connectivity index (χ0) is 11.4. The van der Waals surface area contributed by atoms with E-state index in [-0.39, 0.29) is 6.09 Å². The average molecular weight is 217 g/mol. The molecule has 0 aromatic heterocycles. The number of alkyl carbamates (subject to hydrolysis) is 1. The number of rotatable bonds is 3. The highest BCUT2D eigenvalue weighted by molar-refractivity contribution is 5.66. The van der Waals surface area contributed by atoms with Gasteiger partial charge in [-0.15, -0.1) is 0 Å². The number of ether oxygens (including phenoxy) is 1. The lowest BCUT2D eigenvalue weighted by Crippen LogP contribution is -2.20. The molecule has 16 heavy (non-hydrogen) atoms. The predicted octanol–water partition coefficient (Wildman–Crippen LogP) is 2.15. The Kier molecular flexibility index (Phi) is 3.25. The number of hydrogen-bond donors (Lipinski definition) is 1. The lowest BCUT2D eigenvalue weighted by molar-refractivity contribution is 0.150. The maximum absolute atomic E-state index is 10.8. The third kappa shape index (κ3) is 2.42. The number of fused-ring (bicyclic) bond motifs is 1. The molecule has 2 rings (SSSR count). The molecule has 0 unspecified atom stereocenters. The van der Waals surface area contributed by atoms with Gasteiger partial charge in [-0.2, -0.15) is 0 Å². The van der Waals surface area contributed by atoms with Crippen LogP contribution in [-0.4, -0.2) is 19.7 Å². The van der Waals surface area contributed by atoms with Crippen LogP contribution in [-0.2, 0) is 17.6 Å². The van der Waals surface area contributed by atoms with Crippen molar-refractivity contribution in [2.45, 2.75) is 12.8 Å². The average Bonchev–Trinajstić information content (AvgIpc) is 2.76. The number of benzene rings is 1. The van der Waals surface area contributed by atoms with Gasteiger partial charge in [0.15, 0.2) is 0 Å². The zero-order valence-corrected chi connectivity index (χ0v) is 9.32. The van der Waals surface area contributed by atoms with Gasteiger partial charge in [0.05, 0.1) is 6.61 Å². The summed E-state index contributed by atoms with van der Waals surface area (Å²) in [6, 6.07) is 6.40. The minimum Gasteiger partial charge on any atom is -0.449 e. The summed E-state index contributed by atoms with van der Waals surface area (Å²) in [4.78, 5) is 10.8. The normalized spacial score (nSPS) is 12.3. The van der Waals surface area contributed by atoms with Crippen molar-refractivity contribution in [1.29, 1.82) is 0 Å². The molecule has 1 aliphatic carbocycles. The minimum absolute atomic E-state index is 0.374. The van der Waals surface area contributed by atoms with E-state index < -0.39 is 0 Å². The molecule has 0 atom stereocenters.